The number of anilines is 3. The Morgan fingerprint density at radius 1 is 0.482 bits per heavy atom. The van der Waals surface area contributed by atoms with Gasteiger partial charge in [0.2, 0.25) is 0 Å². The Morgan fingerprint density at radius 2 is 1.05 bits per heavy atom. The standard InChI is InChI=1S/C55H59N/c1-51(2,3)37-25-26-49(46(32-37)35-17-11-10-12-18-35)56(43-30-38(52(4,5)6)27-39(31-43)53(7,8)9)48-24-14-13-21-44(48)45-22-15-19-36-20-16-23-47(50(36)45)54-33-41-28-40-29-42(34-54)55(40,41)54/h10-27,30-32,40-42H,28-29,33-34H2,1-9H3. The fourth-order valence-electron chi connectivity index (χ4n) is 12.3. The van der Waals surface area contributed by atoms with Crippen LogP contribution in [0.25, 0.3) is 33.0 Å². The van der Waals surface area contributed by atoms with Gasteiger partial charge in [0.1, 0.15) is 0 Å². The van der Waals surface area contributed by atoms with Crippen LogP contribution in [0.5, 0.6) is 0 Å². The summed E-state index contributed by atoms with van der Waals surface area (Å²) in [6.45, 7) is 21.1. The van der Waals surface area contributed by atoms with Crippen molar-refractivity contribution in [1.29, 1.82) is 0 Å². The molecule has 10 rings (SSSR count). The third-order valence-electron chi connectivity index (χ3n) is 15.1. The Labute approximate surface area is 336 Å². The van der Waals surface area contributed by atoms with E-state index >= 15 is 0 Å². The first-order valence-electron chi connectivity index (χ1n) is 21.4. The highest BCUT2D eigenvalue weighted by molar-refractivity contribution is 6.04. The highest BCUT2D eigenvalue weighted by Gasteiger charge is 2.87. The lowest BCUT2D eigenvalue weighted by atomic mass is 9.12. The van der Waals surface area contributed by atoms with Crippen molar-refractivity contribution in [1.82, 2.24) is 0 Å². The van der Waals surface area contributed by atoms with Gasteiger partial charge >= 0.3 is 0 Å². The predicted molar refractivity (Wildman–Crippen MR) is 239 cm³/mol. The first-order valence-corrected chi connectivity index (χ1v) is 21.4. The molecule has 4 saturated carbocycles. The number of hydrogen-bond acceptors (Lipinski definition) is 1. The first-order chi connectivity index (χ1) is 26.6. The molecule has 1 nitrogen and oxygen atoms in total. The topological polar surface area (TPSA) is 3.24 Å². The van der Waals surface area contributed by atoms with E-state index in [9.17, 15) is 0 Å². The van der Waals surface area contributed by atoms with E-state index in [0.717, 1.165) is 17.8 Å². The zero-order valence-electron chi connectivity index (χ0n) is 35.1. The van der Waals surface area contributed by atoms with Gasteiger partial charge in [-0.1, -0.05) is 159 Å². The monoisotopic (exact) mass is 733 g/mol. The molecule has 0 saturated heterocycles. The van der Waals surface area contributed by atoms with Crippen LogP contribution in [0.4, 0.5) is 17.1 Å². The normalized spacial score (nSPS) is 24.9. The predicted octanol–water partition coefficient (Wildman–Crippen LogP) is 15.2. The molecule has 56 heavy (non-hydrogen) atoms. The third-order valence-corrected chi connectivity index (χ3v) is 15.1. The van der Waals surface area contributed by atoms with E-state index in [1.807, 2.05) is 0 Å². The minimum atomic E-state index is -0.0228. The zero-order valence-corrected chi connectivity index (χ0v) is 35.1. The molecule has 2 unspecified atom stereocenters. The molecule has 0 amide bonds. The fraction of sp³-hybridized carbons (Fsp3) is 0.382. The average Bonchev–Trinajstić information content (AvgIpc) is 3.13. The molecule has 1 spiro atoms. The Balaban J connectivity index is 1.26. The second kappa shape index (κ2) is 12.0. The summed E-state index contributed by atoms with van der Waals surface area (Å²) in [5.74, 6) is 2.89. The van der Waals surface area contributed by atoms with Crippen LogP contribution in [0.15, 0.2) is 127 Å². The second-order valence-corrected chi connectivity index (χ2v) is 21.2. The van der Waals surface area contributed by atoms with Crippen LogP contribution in [-0.4, -0.2) is 0 Å². The van der Waals surface area contributed by atoms with Crippen molar-refractivity contribution < 1.29 is 0 Å². The lowest BCUT2D eigenvalue weighted by Crippen LogP contribution is -2.87. The summed E-state index contributed by atoms with van der Waals surface area (Å²) in [6, 6.07) is 49.3. The van der Waals surface area contributed by atoms with E-state index < -0.39 is 0 Å². The van der Waals surface area contributed by atoms with Crippen molar-refractivity contribution in [2.75, 3.05) is 4.90 Å². The molecule has 4 aliphatic rings. The summed E-state index contributed by atoms with van der Waals surface area (Å²) in [4.78, 5) is 2.61. The Hall–Kier alpha value is -4.62. The SMILES string of the molecule is CC(C)(C)c1cc(N(c2ccc(C(C)(C)C)cc2-c2ccccc2)c2ccccc2-c2cccc3cccc(C45CC6CC7CC(C4)C765)c23)cc(C(C)(C)C)c1. The number of fused-ring (bicyclic) bond motifs is 1. The van der Waals surface area contributed by atoms with Crippen LogP contribution < -0.4 is 4.90 Å². The maximum atomic E-state index is 2.61. The Morgan fingerprint density at radius 3 is 1.66 bits per heavy atom. The molecular weight excluding hydrogens is 675 g/mol. The van der Waals surface area contributed by atoms with Crippen LogP contribution in [0.1, 0.15) is 110 Å². The van der Waals surface area contributed by atoms with Gasteiger partial charge in [0.05, 0.1) is 11.4 Å². The van der Waals surface area contributed by atoms with Gasteiger partial charge in [-0.05, 0) is 140 Å². The summed E-state index contributed by atoms with van der Waals surface area (Å²) in [7, 11) is 0. The summed E-state index contributed by atoms with van der Waals surface area (Å²) < 4.78 is 0. The molecule has 0 N–H and O–H groups in total. The Kier molecular flexibility index (Phi) is 7.63. The Bertz CT molecular complexity index is 2450. The van der Waals surface area contributed by atoms with Crippen molar-refractivity contribution in [3.63, 3.8) is 0 Å². The van der Waals surface area contributed by atoms with Crippen LogP contribution in [-0.2, 0) is 21.7 Å². The maximum Gasteiger partial charge on any atom is 0.0540 e. The van der Waals surface area contributed by atoms with Crippen molar-refractivity contribution in [3.05, 3.63) is 150 Å². The van der Waals surface area contributed by atoms with Crippen LogP contribution in [0.2, 0.25) is 0 Å². The zero-order chi connectivity index (χ0) is 39.0. The number of benzene rings is 6. The van der Waals surface area contributed by atoms with Crippen LogP contribution >= 0.6 is 0 Å². The van der Waals surface area contributed by atoms with Crippen molar-refractivity contribution in [2.24, 2.45) is 23.2 Å². The van der Waals surface area contributed by atoms with Gasteiger partial charge in [0.15, 0.2) is 0 Å². The molecule has 6 aromatic carbocycles. The number of rotatable bonds is 6. The van der Waals surface area contributed by atoms with E-state index in [0.29, 0.717) is 10.8 Å². The fourth-order valence-corrected chi connectivity index (χ4v) is 12.3. The minimum absolute atomic E-state index is 0.00950. The summed E-state index contributed by atoms with van der Waals surface area (Å²) in [5.41, 5.74) is 15.4. The molecule has 2 atom stereocenters. The van der Waals surface area contributed by atoms with Gasteiger partial charge in [0, 0.05) is 22.2 Å². The minimum Gasteiger partial charge on any atom is -0.309 e. The van der Waals surface area contributed by atoms with Crippen molar-refractivity contribution in [3.8, 4) is 22.3 Å². The average molecular weight is 734 g/mol. The molecule has 6 aromatic rings. The highest BCUT2D eigenvalue weighted by atomic mass is 15.1. The van der Waals surface area contributed by atoms with Gasteiger partial charge in [-0.25, -0.2) is 0 Å². The molecule has 0 radical (unpaired) electrons. The van der Waals surface area contributed by atoms with E-state index in [-0.39, 0.29) is 16.2 Å². The van der Waals surface area contributed by atoms with E-state index in [1.165, 1.54) is 92.5 Å². The molecule has 1 heteroatoms. The largest absolute Gasteiger partial charge is 0.309 e. The summed E-state index contributed by atoms with van der Waals surface area (Å²) >= 11 is 0. The summed E-state index contributed by atoms with van der Waals surface area (Å²) in [6.07, 6.45) is 5.74. The van der Waals surface area contributed by atoms with Gasteiger partial charge in [-0.15, -0.1) is 0 Å². The first kappa shape index (κ1) is 35.8. The lowest BCUT2D eigenvalue weighted by Gasteiger charge is -2.91. The van der Waals surface area contributed by atoms with Crippen molar-refractivity contribution >= 4 is 27.8 Å². The van der Waals surface area contributed by atoms with Crippen LogP contribution in [0.3, 0.4) is 0 Å². The number of para-hydroxylation sites is 1. The van der Waals surface area contributed by atoms with Gasteiger partial charge in [0.25, 0.3) is 0 Å². The van der Waals surface area contributed by atoms with Crippen LogP contribution in [0, 0.1) is 23.2 Å². The lowest BCUT2D eigenvalue weighted by molar-refractivity contribution is -0.394. The smallest absolute Gasteiger partial charge is 0.0540 e. The molecule has 0 aromatic heterocycles. The number of nitrogens with zero attached hydrogens (tertiary/aromatic N) is 1. The van der Waals surface area contributed by atoms with E-state index in [4.69, 9.17) is 0 Å². The quantitative estimate of drug-likeness (QED) is 0.165. The molecule has 4 fully saturated rings. The third kappa shape index (κ3) is 4.98. The molecule has 4 aliphatic carbocycles. The molecule has 0 aliphatic heterocycles. The molecule has 0 heterocycles. The van der Waals surface area contributed by atoms with Gasteiger partial charge in [-0.3, -0.25) is 0 Å². The van der Waals surface area contributed by atoms with E-state index in [1.54, 1.807) is 5.56 Å². The van der Waals surface area contributed by atoms with Gasteiger partial charge in [-0.2, -0.15) is 0 Å². The second-order valence-electron chi connectivity index (χ2n) is 21.2. The summed E-state index contributed by atoms with van der Waals surface area (Å²) in [5, 5.41) is 2.86. The maximum absolute atomic E-state index is 2.61. The highest BCUT2D eigenvalue weighted by Crippen LogP contribution is 2.93. The molecule has 0 bridgehead atoms. The van der Waals surface area contributed by atoms with E-state index in [2.05, 4.69) is 195 Å². The van der Waals surface area contributed by atoms with Crippen molar-refractivity contribution in [2.45, 2.75) is 110 Å². The molecule has 284 valence electrons. The molecular formula is C55H59N. The number of hydrogen-bond donors (Lipinski definition) is 0. The van der Waals surface area contributed by atoms with Gasteiger partial charge < -0.3 is 4.90 Å².